The van der Waals surface area contributed by atoms with E-state index in [9.17, 15) is 4.39 Å². The van der Waals surface area contributed by atoms with Crippen molar-refractivity contribution in [2.24, 2.45) is 0 Å². The molecule has 0 aliphatic heterocycles. The van der Waals surface area contributed by atoms with Crippen LogP contribution in [0, 0.1) is 5.82 Å². The summed E-state index contributed by atoms with van der Waals surface area (Å²) in [6.07, 6.45) is 0.541. The van der Waals surface area contributed by atoms with E-state index in [1.807, 2.05) is 30.3 Å². The first-order valence-corrected chi connectivity index (χ1v) is 4.84. The number of benzene rings is 2. The minimum atomic E-state index is -0.237. The second-order valence-electron chi connectivity index (χ2n) is 3.47. The van der Waals surface area contributed by atoms with Crippen LogP contribution in [-0.4, -0.2) is 0 Å². The van der Waals surface area contributed by atoms with Crippen molar-refractivity contribution in [2.75, 3.05) is 5.73 Å². The van der Waals surface area contributed by atoms with Gasteiger partial charge in [0.25, 0.3) is 0 Å². The predicted molar refractivity (Wildman–Crippen MR) is 60.1 cm³/mol. The average molecular weight is 201 g/mol. The lowest BCUT2D eigenvalue weighted by atomic mass is 10.0. The van der Waals surface area contributed by atoms with Crippen LogP contribution in [0.15, 0.2) is 48.5 Å². The maximum absolute atomic E-state index is 13.5. The molecule has 0 spiro atoms. The first-order valence-electron chi connectivity index (χ1n) is 4.84. The molecule has 0 saturated carbocycles. The summed E-state index contributed by atoms with van der Waals surface area (Å²) in [7, 11) is 0. The summed E-state index contributed by atoms with van der Waals surface area (Å²) in [4.78, 5) is 0. The lowest BCUT2D eigenvalue weighted by Crippen LogP contribution is -1.98. The molecule has 15 heavy (non-hydrogen) atoms. The van der Waals surface area contributed by atoms with Crippen molar-refractivity contribution in [1.82, 2.24) is 0 Å². The van der Waals surface area contributed by atoms with Gasteiger partial charge in [0, 0.05) is 17.7 Å². The third kappa shape index (κ3) is 2.15. The summed E-state index contributed by atoms with van der Waals surface area (Å²) in [6, 6.07) is 14.5. The Kier molecular flexibility index (Phi) is 2.68. The standard InChI is InChI=1S/C13H12FN/c14-12-7-4-8-13(15)11(12)9-10-5-2-1-3-6-10/h1-8H,9,15H2. The molecule has 0 saturated heterocycles. The van der Waals surface area contributed by atoms with E-state index in [-0.39, 0.29) is 5.82 Å². The molecule has 0 aromatic heterocycles. The molecule has 0 radical (unpaired) electrons. The van der Waals surface area contributed by atoms with Gasteiger partial charge in [-0.05, 0) is 17.7 Å². The van der Waals surface area contributed by atoms with E-state index in [2.05, 4.69) is 0 Å². The van der Waals surface area contributed by atoms with Crippen LogP contribution in [0.25, 0.3) is 0 Å². The maximum Gasteiger partial charge on any atom is 0.128 e. The Bertz CT molecular complexity index is 431. The number of nitrogens with two attached hydrogens (primary N) is 1. The van der Waals surface area contributed by atoms with Gasteiger partial charge in [-0.1, -0.05) is 36.4 Å². The number of rotatable bonds is 2. The Morgan fingerprint density at radius 3 is 2.33 bits per heavy atom. The predicted octanol–water partition coefficient (Wildman–Crippen LogP) is 3.00. The Morgan fingerprint density at radius 2 is 1.67 bits per heavy atom. The summed E-state index contributed by atoms with van der Waals surface area (Å²) < 4.78 is 13.5. The summed E-state index contributed by atoms with van der Waals surface area (Å²) in [5.41, 5.74) is 7.88. The Balaban J connectivity index is 2.32. The van der Waals surface area contributed by atoms with E-state index in [1.54, 1.807) is 12.1 Å². The molecule has 0 heterocycles. The summed E-state index contributed by atoms with van der Waals surface area (Å²) in [6.45, 7) is 0. The topological polar surface area (TPSA) is 26.0 Å². The minimum absolute atomic E-state index is 0.237. The van der Waals surface area contributed by atoms with Crippen LogP contribution in [0.3, 0.4) is 0 Å². The van der Waals surface area contributed by atoms with Gasteiger partial charge in [0.2, 0.25) is 0 Å². The molecule has 2 rings (SSSR count). The fourth-order valence-corrected chi connectivity index (χ4v) is 1.56. The van der Waals surface area contributed by atoms with E-state index in [1.165, 1.54) is 6.07 Å². The average Bonchev–Trinajstić information content (AvgIpc) is 2.25. The summed E-state index contributed by atoms with van der Waals surface area (Å²) in [5.74, 6) is -0.237. The van der Waals surface area contributed by atoms with E-state index in [0.717, 1.165) is 5.56 Å². The van der Waals surface area contributed by atoms with Crippen LogP contribution in [-0.2, 0) is 6.42 Å². The Morgan fingerprint density at radius 1 is 0.933 bits per heavy atom. The third-order valence-corrected chi connectivity index (χ3v) is 2.38. The molecule has 0 amide bonds. The molecule has 1 nitrogen and oxygen atoms in total. The lowest BCUT2D eigenvalue weighted by molar-refractivity contribution is 0.615. The highest BCUT2D eigenvalue weighted by atomic mass is 19.1. The molecule has 0 aliphatic carbocycles. The van der Waals surface area contributed by atoms with Gasteiger partial charge in [-0.15, -0.1) is 0 Å². The minimum Gasteiger partial charge on any atom is -0.398 e. The van der Waals surface area contributed by atoms with Crippen molar-refractivity contribution in [2.45, 2.75) is 6.42 Å². The zero-order chi connectivity index (χ0) is 10.7. The fraction of sp³-hybridized carbons (Fsp3) is 0.0769. The van der Waals surface area contributed by atoms with Gasteiger partial charge in [-0.2, -0.15) is 0 Å². The fourth-order valence-electron chi connectivity index (χ4n) is 1.56. The van der Waals surface area contributed by atoms with E-state index >= 15 is 0 Å². The second-order valence-corrected chi connectivity index (χ2v) is 3.47. The smallest absolute Gasteiger partial charge is 0.128 e. The van der Waals surface area contributed by atoms with Crippen molar-refractivity contribution in [1.29, 1.82) is 0 Å². The van der Waals surface area contributed by atoms with Crippen molar-refractivity contribution < 1.29 is 4.39 Å². The van der Waals surface area contributed by atoms with Crippen LogP contribution < -0.4 is 5.73 Å². The molecule has 2 aromatic rings. The first kappa shape index (κ1) is 9.71. The van der Waals surface area contributed by atoms with Gasteiger partial charge in [0.15, 0.2) is 0 Å². The molecule has 0 aliphatic rings. The zero-order valence-corrected chi connectivity index (χ0v) is 8.28. The van der Waals surface area contributed by atoms with Gasteiger partial charge in [-0.25, -0.2) is 4.39 Å². The van der Waals surface area contributed by atoms with E-state index < -0.39 is 0 Å². The van der Waals surface area contributed by atoms with E-state index in [4.69, 9.17) is 5.73 Å². The highest BCUT2D eigenvalue weighted by Gasteiger charge is 2.06. The quantitative estimate of drug-likeness (QED) is 0.742. The SMILES string of the molecule is Nc1cccc(F)c1Cc1ccccc1. The number of halogens is 1. The molecule has 0 fully saturated rings. The molecule has 0 unspecified atom stereocenters. The van der Waals surface area contributed by atoms with Gasteiger partial charge < -0.3 is 5.73 Å². The number of anilines is 1. The molecule has 0 atom stereocenters. The van der Waals surface area contributed by atoms with E-state index in [0.29, 0.717) is 17.7 Å². The Labute approximate surface area is 88.4 Å². The summed E-state index contributed by atoms with van der Waals surface area (Å²) >= 11 is 0. The molecular formula is C13H12FN. The number of nitrogen functional groups attached to an aromatic ring is 1. The van der Waals surface area contributed by atoms with Crippen molar-refractivity contribution in [3.8, 4) is 0 Å². The highest BCUT2D eigenvalue weighted by Crippen LogP contribution is 2.19. The molecule has 0 bridgehead atoms. The van der Waals surface area contributed by atoms with Gasteiger partial charge in [0.05, 0.1) is 0 Å². The molecule has 2 N–H and O–H groups in total. The largest absolute Gasteiger partial charge is 0.398 e. The van der Waals surface area contributed by atoms with Crippen molar-refractivity contribution in [3.63, 3.8) is 0 Å². The van der Waals surface area contributed by atoms with Gasteiger partial charge >= 0.3 is 0 Å². The van der Waals surface area contributed by atoms with Gasteiger partial charge in [-0.3, -0.25) is 0 Å². The number of hydrogen-bond acceptors (Lipinski definition) is 1. The van der Waals surface area contributed by atoms with Gasteiger partial charge in [0.1, 0.15) is 5.82 Å². The molecule has 2 aromatic carbocycles. The van der Waals surface area contributed by atoms with Crippen molar-refractivity contribution in [3.05, 3.63) is 65.5 Å². The molecular weight excluding hydrogens is 189 g/mol. The van der Waals surface area contributed by atoms with Crippen LogP contribution >= 0.6 is 0 Å². The maximum atomic E-state index is 13.5. The van der Waals surface area contributed by atoms with Crippen molar-refractivity contribution >= 4 is 5.69 Å². The monoisotopic (exact) mass is 201 g/mol. The number of hydrogen-bond donors (Lipinski definition) is 1. The van der Waals surface area contributed by atoms with Crippen LogP contribution in [0.5, 0.6) is 0 Å². The first-order chi connectivity index (χ1) is 7.27. The molecule has 76 valence electrons. The zero-order valence-electron chi connectivity index (χ0n) is 8.28. The third-order valence-electron chi connectivity index (χ3n) is 2.38. The Hall–Kier alpha value is -1.83. The van der Waals surface area contributed by atoms with Crippen LogP contribution in [0.1, 0.15) is 11.1 Å². The second kappa shape index (κ2) is 4.13. The molecule has 2 heteroatoms. The highest BCUT2D eigenvalue weighted by molar-refractivity contribution is 5.49. The van der Waals surface area contributed by atoms with Crippen LogP contribution in [0.4, 0.5) is 10.1 Å². The summed E-state index contributed by atoms with van der Waals surface area (Å²) in [5, 5.41) is 0. The lowest BCUT2D eigenvalue weighted by Gasteiger charge is -2.06. The van der Waals surface area contributed by atoms with Crippen LogP contribution in [0.2, 0.25) is 0 Å². The normalized spacial score (nSPS) is 10.2.